The Morgan fingerprint density at radius 3 is 2.68 bits per heavy atom. The summed E-state index contributed by atoms with van der Waals surface area (Å²) in [6, 6.07) is 14.7. The molecule has 0 amide bonds. The summed E-state index contributed by atoms with van der Waals surface area (Å²) in [5, 5.41) is 11.8. The van der Waals surface area contributed by atoms with Crippen LogP contribution in [-0.2, 0) is 16.0 Å². The van der Waals surface area contributed by atoms with Gasteiger partial charge in [0, 0.05) is 25.2 Å². The second-order valence-corrected chi connectivity index (χ2v) is 7.88. The van der Waals surface area contributed by atoms with Gasteiger partial charge in [0.2, 0.25) is 0 Å². The monoisotopic (exact) mass is 445 g/mol. The van der Waals surface area contributed by atoms with E-state index in [0.29, 0.717) is 48.0 Å². The van der Waals surface area contributed by atoms with Crippen LogP contribution in [0.2, 0.25) is 5.02 Å². The van der Waals surface area contributed by atoms with Gasteiger partial charge in [0.15, 0.2) is 0 Å². The number of aliphatic hydroxyl groups is 1. The van der Waals surface area contributed by atoms with Crippen LogP contribution in [0.1, 0.15) is 24.4 Å². The number of methoxy groups -OCH3 is 1. The molecule has 31 heavy (non-hydrogen) atoms. The van der Waals surface area contributed by atoms with Crippen molar-refractivity contribution in [1.29, 1.82) is 0 Å². The summed E-state index contributed by atoms with van der Waals surface area (Å²) in [5.41, 5.74) is 1.47. The smallest absolute Gasteiger partial charge is 0.258 e. The van der Waals surface area contributed by atoms with Crippen LogP contribution in [0.3, 0.4) is 0 Å². The number of ether oxygens (including phenoxy) is 2. The van der Waals surface area contributed by atoms with E-state index in [9.17, 15) is 9.90 Å². The first kappa shape index (κ1) is 23.4. The number of rotatable bonds is 11. The number of H-pyrrole nitrogens is 1. The highest BCUT2D eigenvalue weighted by atomic mass is 35.5. The van der Waals surface area contributed by atoms with Crippen LogP contribution < -0.4 is 5.56 Å². The maximum Gasteiger partial charge on any atom is 0.258 e. The van der Waals surface area contributed by atoms with Crippen molar-refractivity contribution in [2.24, 2.45) is 0 Å². The third-order valence-electron chi connectivity index (χ3n) is 4.99. The van der Waals surface area contributed by atoms with E-state index in [1.54, 1.807) is 13.2 Å². The van der Waals surface area contributed by atoms with Crippen molar-refractivity contribution >= 4 is 22.5 Å². The summed E-state index contributed by atoms with van der Waals surface area (Å²) in [5.74, 6) is 0.544. The Morgan fingerprint density at radius 1 is 1.19 bits per heavy atom. The molecule has 0 radical (unpaired) electrons. The van der Waals surface area contributed by atoms with Gasteiger partial charge in [-0.05, 0) is 36.8 Å². The van der Waals surface area contributed by atoms with E-state index in [1.807, 2.05) is 54.3 Å². The minimum absolute atomic E-state index is 0.169. The first-order valence-electron chi connectivity index (χ1n) is 10.2. The van der Waals surface area contributed by atoms with Gasteiger partial charge in [0.25, 0.3) is 5.56 Å². The molecule has 0 fully saturated rings. The summed E-state index contributed by atoms with van der Waals surface area (Å²) in [4.78, 5) is 21.7. The van der Waals surface area contributed by atoms with E-state index in [2.05, 4.69) is 9.97 Å². The van der Waals surface area contributed by atoms with E-state index >= 15 is 0 Å². The Labute approximate surface area is 186 Å². The predicted octanol–water partition coefficient (Wildman–Crippen LogP) is 3.16. The lowest BCUT2D eigenvalue weighted by Crippen LogP contribution is -2.37. The SMILES string of the molecule is COCCN(Cc1nc2ccccc2c(=O)[nH]1)CC(O)COC(C)c1ccc(Cl)cc1. The maximum atomic E-state index is 12.3. The molecule has 2 N–H and O–H groups in total. The predicted molar refractivity (Wildman–Crippen MR) is 121 cm³/mol. The van der Waals surface area contributed by atoms with Crippen LogP contribution in [0.5, 0.6) is 0 Å². The molecule has 1 heterocycles. The number of hydrogen-bond donors (Lipinski definition) is 2. The minimum atomic E-state index is -0.709. The highest BCUT2D eigenvalue weighted by molar-refractivity contribution is 6.30. The molecule has 8 heteroatoms. The average Bonchev–Trinajstić information content (AvgIpc) is 2.76. The fourth-order valence-electron chi connectivity index (χ4n) is 3.31. The van der Waals surface area contributed by atoms with Crippen molar-refractivity contribution < 1.29 is 14.6 Å². The van der Waals surface area contributed by atoms with E-state index in [1.165, 1.54) is 0 Å². The van der Waals surface area contributed by atoms with E-state index in [-0.39, 0.29) is 18.3 Å². The van der Waals surface area contributed by atoms with Gasteiger partial charge >= 0.3 is 0 Å². The quantitative estimate of drug-likeness (QED) is 0.471. The third-order valence-corrected chi connectivity index (χ3v) is 5.25. The third kappa shape index (κ3) is 6.85. The summed E-state index contributed by atoms with van der Waals surface area (Å²) in [6.45, 7) is 3.92. The molecule has 0 bridgehead atoms. The van der Waals surface area contributed by atoms with Crippen molar-refractivity contribution in [2.75, 3.05) is 33.4 Å². The van der Waals surface area contributed by atoms with Crippen molar-refractivity contribution in [2.45, 2.75) is 25.7 Å². The lowest BCUT2D eigenvalue weighted by molar-refractivity contribution is -0.0192. The number of fused-ring (bicyclic) bond motifs is 1. The van der Waals surface area contributed by atoms with Gasteiger partial charge in [-0.1, -0.05) is 35.9 Å². The number of nitrogens with zero attached hydrogens (tertiary/aromatic N) is 2. The van der Waals surface area contributed by atoms with Crippen molar-refractivity contribution in [1.82, 2.24) is 14.9 Å². The fourth-order valence-corrected chi connectivity index (χ4v) is 3.44. The van der Waals surface area contributed by atoms with Gasteiger partial charge < -0.3 is 19.6 Å². The molecule has 7 nitrogen and oxygen atoms in total. The van der Waals surface area contributed by atoms with E-state index in [0.717, 1.165) is 5.56 Å². The lowest BCUT2D eigenvalue weighted by atomic mass is 10.1. The molecule has 2 unspecified atom stereocenters. The summed E-state index contributed by atoms with van der Waals surface area (Å²) in [7, 11) is 1.63. The topological polar surface area (TPSA) is 87.7 Å². The average molecular weight is 446 g/mol. The molecule has 0 saturated carbocycles. The maximum absolute atomic E-state index is 12.3. The van der Waals surface area contributed by atoms with Crippen LogP contribution >= 0.6 is 11.6 Å². The molecular formula is C23H28ClN3O4. The number of benzene rings is 2. The molecule has 166 valence electrons. The van der Waals surface area contributed by atoms with E-state index in [4.69, 9.17) is 21.1 Å². The Balaban J connectivity index is 1.61. The van der Waals surface area contributed by atoms with Gasteiger partial charge in [-0.15, -0.1) is 0 Å². The fraction of sp³-hybridized carbons (Fsp3) is 0.391. The Kier molecular flexibility index (Phi) is 8.57. The molecule has 2 atom stereocenters. The molecule has 0 aliphatic carbocycles. The highest BCUT2D eigenvalue weighted by Gasteiger charge is 2.16. The molecule has 0 spiro atoms. The van der Waals surface area contributed by atoms with Gasteiger partial charge in [-0.2, -0.15) is 0 Å². The second kappa shape index (κ2) is 11.4. The number of halogens is 1. The van der Waals surface area contributed by atoms with Crippen molar-refractivity contribution in [3.63, 3.8) is 0 Å². The molecule has 3 aromatic rings. The Bertz CT molecular complexity index is 1030. The van der Waals surface area contributed by atoms with Gasteiger partial charge in [0.1, 0.15) is 5.82 Å². The summed E-state index contributed by atoms with van der Waals surface area (Å²) in [6.07, 6.45) is -0.878. The van der Waals surface area contributed by atoms with Gasteiger partial charge in [0.05, 0.1) is 42.9 Å². The largest absolute Gasteiger partial charge is 0.389 e. The zero-order valence-electron chi connectivity index (χ0n) is 17.8. The van der Waals surface area contributed by atoms with Gasteiger partial charge in [-0.3, -0.25) is 9.69 Å². The number of para-hydroxylation sites is 1. The first-order chi connectivity index (χ1) is 15.0. The number of nitrogens with one attached hydrogen (secondary N) is 1. The Hall–Kier alpha value is -2.29. The number of aromatic nitrogens is 2. The van der Waals surface area contributed by atoms with E-state index < -0.39 is 6.10 Å². The molecule has 0 aliphatic heterocycles. The standard InChI is InChI=1S/C23H28ClN3O4/c1-16(17-7-9-18(24)10-8-17)31-15-19(28)13-27(11-12-30-2)14-22-25-21-6-4-3-5-20(21)23(29)26-22/h3-10,16,19,28H,11-15H2,1-2H3,(H,25,26,29). The molecule has 3 rings (SSSR count). The normalized spacial score (nSPS) is 13.6. The Morgan fingerprint density at radius 2 is 1.94 bits per heavy atom. The zero-order chi connectivity index (χ0) is 22.2. The van der Waals surface area contributed by atoms with Crippen LogP contribution in [0.25, 0.3) is 10.9 Å². The minimum Gasteiger partial charge on any atom is -0.389 e. The van der Waals surface area contributed by atoms with Crippen molar-refractivity contribution in [3.05, 3.63) is 75.3 Å². The molecular weight excluding hydrogens is 418 g/mol. The zero-order valence-corrected chi connectivity index (χ0v) is 18.5. The van der Waals surface area contributed by atoms with Crippen molar-refractivity contribution in [3.8, 4) is 0 Å². The second-order valence-electron chi connectivity index (χ2n) is 7.44. The van der Waals surface area contributed by atoms with Crippen LogP contribution in [0, 0.1) is 0 Å². The van der Waals surface area contributed by atoms with Crippen LogP contribution in [0.15, 0.2) is 53.3 Å². The molecule has 0 aliphatic rings. The lowest BCUT2D eigenvalue weighted by Gasteiger charge is -2.25. The molecule has 2 aromatic carbocycles. The van der Waals surface area contributed by atoms with Crippen LogP contribution in [-0.4, -0.2) is 59.5 Å². The summed E-state index contributed by atoms with van der Waals surface area (Å²) >= 11 is 5.93. The van der Waals surface area contributed by atoms with Gasteiger partial charge in [-0.25, -0.2) is 4.98 Å². The highest BCUT2D eigenvalue weighted by Crippen LogP contribution is 2.19. The number of aliphatic hydroxyl groups excluding tert-OH is 1. The molecule has 1 aromatic heterocycles. The molecule has 0 saturated heterocycles. The van der Waals surface area contributed by atoms with Crippen LogP contribution in [0.4, 0.5) is 0 Å². The number of aromatic amines is 1. The number of hydrogen-bond acceptors (Lipinski definition) is 6. The summed E-state index contributed by atoms with van der Waals surface area (Å²) < 4.78 is 11.0. The first-order valence-corrected chi connectivity index (χ1v) is 10.6.